The van der Waals surface area contributed by atoms with Crippen LogP contribution in [0.2, 0.25) is 0 Å². The van der Waals surface area contributed by atoms with Gasteiger partial charge in [0.1, 0.15) is 18.5 Å². The van der Waals surface area contributed by atoms with Gasteiger partial charge in [0.2, 0.25) is 11.8 Å². The first-order chi connectivity index (χ1) is 16.9. The quantitative estimate of drug-likeness (QED) is 0.491. The van der Waals surface area contributed by atoms with Crippen LogP contribution < -0.4 is 19.9 Å². The van der Waals surface area contributed by atoms with E-state index in [1.54, 1.807) is 30.0 Å². The van der Waals surface area contributed by atoms with Crippen LogP contribution in [0.15, 0.2) is 42.5 Å². The zero-order valence-electron chi connectivity index (χ0n) is 19.1. The largest absolute Gasteiger partial charge is 0.475 e. The third kappa shape index (κ3) is 4.73. The van der Waals surface area contributed by atoms with Crippen LogP contribution in [0.1, 0.15) is 12.1 Å². The molecule has 182 valence electrons. The summed E-state index contributed by atoms with van der Waals surface area (Å²) in [6, 6.07) is 11.0. The molecule has 35 heavy (non-hydrogen) atoms. The van der Waals surface area contributed by atoms with E-state index in [2.05, 4.69) is 20.2 Å². The summed E-state index contributed by atoms with van der Waals surface area (Å²) in [6.45, 7) is 2.62. The minimum atomic E-state index is -1.04. The molecule has 1 saturated heterocycles. The lowest BCUT2D eigenvalue weighted by Gasteiger charge is -2.35. The van der Waals surface area contributed by atoms with Gasteiger partial charge in [0.05, 0.1) is 24.0 Å². The number of anilines is 3. The van der Waals surface area contributed by atoms with Gasteiger partial charge in [0.15, 0.2) is 5.82 Å². The number of benzene rings is 1. The molecular weight excluding hydrogens is 455 g/mol. The summed E-state index contributed by atoms with van der Waals surface area (Å²) < 4.78 is 19.2. The van der Waals surface area contributed by atoms with Crippen molar-refractivity contribution >= 4 is 23.5 Å². The number of aliphatic hydroxyl groups is 2. The molecule has 2 aliphatic rings. The van der Waals surface area contributed by atoms with Gasteiger partial charge in [-0.15, -0.1) is 0 Å². The molecule has 1 unspecified atom stereocenters. The van der Waals surface area contributed by atoms with Crippen molar-refractivity contribution in [2.45, 2.75) is 25.5 Å². The number of hydrogen-bond donors (Lipinski definition) is 3. The number of amides is 2. The summed E-state index contributed by atoms with van der Waals surface area (Å²) in [6.07, 6.45) is -0.266. The molecule has 2 amide bonds. The number of aromatic nitrogens is 3. The van der Waals surface area contributed by atoms with Crippen molar-refractivity contribution in [2.75, 3.05) is 41.4 Å². The molecule has 2 aromatic heterocycles. The van der Waals surface area contributed by atoms with Gasteiger partial charge in [-0.05, 0) is 37.6 Å². The molecular formula is C24H25FN6O4. The number of rotatable bonds is 6. The number of hydrogen-bond acceptors (Lipinski definition) is 8. The molecule has 2 atom stereocenters. The predicted octanol–water partition coefficient (Wildman–Crippen LogP) is 2.35. The van der Waals surface area contributed by atoms with Crippen LogP contribution in [-0.2, 0) is 0 Å². The number of carbonyl (C=O) groups excluding carboxylic acids is 1. The molecule has 3 aromatic rings. The molecule has 1 fully saturated rings. The molecule has 11 heteroatoms. The van der Waals surface area contributed by atoms with Gasteiger partial charge in [-0.2, -0.15) is 4.98 Å². The first kappa shape index (κ1) is 22.9. The third-order valence-corrected chi connectivity index (χ3v) is 5.97. The predicted molar refractivity (Wildman–Crippen MR) is 127 cm³/mol. The molecule has 4 heterocycles. The monoisotopic (exact) mass is 480 g/mol. The highest BCUT2D eigenvalue weighted by Crippen LogP contribution is 2.40. The normalized spacial score (nSPS) is 17.2. The van der Waals surface area contributed by atoms with E-state index in [1.807, 2.05) is 12.1 Å². The number of urea groups is 1. The fourth-order valence-corrected chi connectivity index (χ4v) is 4.34. The Balaban J connectivity index is 1.43. The van der Waals surface area contributed by atoms with E-state index in [-0.39, 0.29) is 30.3 Å². The van der Waals surface area contributed by atoms with Crippen LogP contribution in [0.4, 0.5) is 26.6 Å². The number of pyridine rings is 1. The number of carbonyl (C=O) groups is 1. The molecule has 10 nitrogen and oxygen atoms in total. The lowest BCUT2D eigenvalue weighted by molar-refractivity contribution is 0.0521. The number of fused-ring (bicyclic) bond motifs is 4. The number of aliphatic hydroxyl groups excluding tert-OH is 2. The van der Waals surface area contributed by atoms with Crippen molar-refractivity contribution in [1.29, 1.82) is 0 Å². The van der Waals surface area contributed by atoms with Gasteiger partial charge in [-0.3, -0.25) is 10.2 Å². The Bertz CT molecular complexity index is 1260. The van der Waals surface area contributed by atoms with E-state index in [9.17, 15) is 14.3 Å². The minimum absolute atomic E-state index is 0.0479. The second kappa shape index (κ2) is 9.43. The smallest absolute Gasteiger partial charge is 0.330 e. The molecule has 0 radical (unpaired) electrons. The summed E-state index contributed by atoms with van der Waals surface area (Å²) in [7, 11) is 0. The molecule has 2 bridgehead atoms. The fourth-order valence-electron chi connectivity index (χ4n) is 4.34. The third-order valence-electron chi connectivity index (χ3n) is 5.97. The van der Waals surface area contributed by atoms with E-state index >= 15 is 0 Å². The maximum atomic E-state index is 13.8. The average molecular weight is 481 g/mol. The standard InChI is InChI=1S/C24H25FN6O4/c1-14-9-21(35-13-18(33)12-32)28-23(26-14)29-24(34)31-17-7-8-30(11-17)20-6-5-19(27-22(20)31)15-3-2-4-16(25)10-15/h2-6,9-10,17-18,32-33H,7-8,11-13H2,1H3,(H,26,28,29,34)/t17-,18?/m0/s1. The summed E-state index contributed by atoms with van der Waals surface area (Å²) in [5.41, 5.74) is 2.58. The van der Waals surface area contributed by atoms with Crippen LogP contribution >= 0.6 is 0 Å². The highest BCUT2D eigenvalue weighted by atomic mass is 19.1. The van der Waals surface area contributed by atoms with Crippen LogP contribution in [0.5, 0.6) is 5.88 Å². The number of aryl methyl sites for hydroxylation is 1. The number of halogens is 1. The summed E-state index contributed by atoms with van der Waals surface area (Å²) >= 11 is 0. The molecule has 0 aliphatic carbocycles. The minimum Gasteiger partial charge on any atom is -0.475 e. The molecule has 3 N–H and O–H groups in total. The van der Waals surface area contributed by atoms with Crippen molar-refractivity contribution in [3.8, 4) is 17.1 Å². The molecule has 2 aliphatic heterocycles. The Kier molecular flexibility index (Phi) is 6.18. The Hall–Kier alpha value is -3.83. The van der Waals surface area contributed by atoms with E-state index in [0.29, 0.717) is 29.3 Å². The van der Waals surface area contributed by atoms with Crippen LogP contribution in [-0.4, -0.2) is 69.6 Å². The summed E-state index contributed by atoms with van der Waals surface area (Å²) in [5.74, 6) is 0.347. The zero-order chi connectivity index (χ0) is 24.5. The topological polar surface area (TPSA) is 124 Å². The Morgan fingerprint density at radius 3 is 2.91 bits per heavy atom. The second-order valence-corrected chi connectivity index (χ2v) is 8.56. The average Bonchev–Trinajstić information content (AvgIpc) is 3.26. The first-order valence-corrected chi connectivity index (χ1v) is 11.3. The fraction of sp³-hybridized carbons (Fsp3) is 0.333. The van der Waals surface area contributed by atoms with Crippen molar-refractivity contribution in [1.82, 2.24) is 15.0 Å². The second-order valence-electron chi connectivity index (χ2n) is 8.56. The Morgan fingerprint density at radius 1 is 1.26 bits per heavy atom. The SMILES string of the molecule is Cc1cc(OCC(O)CO)nc(NC(=O)N2c3nc(-c4cccc(F)c4)ccc3N3CC[C@H]2C3)n1. The first-order valence-electron chi connectivity index (χ1n) is 11.3. The van der Waals surface area contributed by atoms with Gasteiger partial charge in [-0.25, -0.2) is 19.2 Å². The number of nitrogens with one attached hydrogen (secondary N) is 1. The summed E-state index contributed by atoms with van der Waals surface area (Å²) in [4.78, 5) is 30.5. The van der Waals surface area contributed by atoms with Gasteiger partial charge < -0.3 is 19.8 Å². The number of nitrogens with zero attached hydrogens (tertiary/aromatic N) is 5. The van der Waals surface area contributed by atoms with Crippen molar-refractivity contribution < 1.29 is 24.1 Å². The Labute approximate surface area is 201 Å². The van der Waals surface area contributed by atoms with Gasteiger partial charge in [0.25, 0.3) is 0 Å². The molecule has 0 spiro atoms. The number of ether oxygens (including phenoxy) is 1. The zero-order valence-corrected chi connectivity index (χ0v) is 19.1. The van der Waals surface area contributed by atoms with Crippen LogP contribution in [0.3, 0.4) is 0 Å². The van der Waals surface area contributed by atoms with E-state index < -0.39 is 18.7 Å². The molecule has 1 aromatic carbocycles. The van der Waals surface area contributed by atoms with Crippen molar-refractivity contribution in [3.63, 3.8) is 0 Å². The lowest BCUT2D eigenvalue weighted by atomic mass is 10.1. The van der Waals surface area contributed by atoms with Gasteiger partial charge in [-0.1, -0.05) is 12.1 Å². The van der Waals surface area contributed by atoms with Crippen LogP contribution in [0, 0.1) is 12.7 Å². The Morgan fingerprint density at radius 2 is 2.11 bits per heavy atom. The lowest BCUT2D eigenvalue weighted by Crippen LogP contribution is -2.48. The van der Waals surface area contributed by atoms with Gasteiger partial charge >= 0.3 is 6.03 Å². The van der Waals surface area contributed by atoms with Crippen LogP contribution in [0.25, 0.3) is 11.3 Å². The summed E-state index contributed by atoms with van der Waals surface area (Å²) in [5, 5.41) is 21.2. The highest BCUT2D eigenvalue weighted by Gasteiger charge is 2.40. The maximum absolute atomic E-state index is 13.8. The molecule has 0 saturated carbocycles. The van der Waals surface area contributed by atoms with Gasteiger partial charge in [0, 0.05) is 30.4 Å². The highest BCUT2D eigenvalue weighted by molar-refractivity contribution is 6.04. The van der Waals surface area contributed by atoms with E-state index in [0.717, 1.165) is 18.7 Å². The van der Waals surface area contributed by atoms with Crippen molar-refractivity contribution in [2.24, 2.45) is 0 Å². The molecule has 5 rings (SSSR count). The van der Waals surface area contributed by atoms with E-state index in [1.165, 1.54) is 12.1 Å². The van der Waals surface area contributed by atoms with E-state index in [4.69, 9.17) is 14.8 Å². The van der Waals surface area contributed by atoms with Crippen molar-refractivity contribution in [3.05, 3.63) is 54.0 Å². The maximum Gasteiger partial charge on any atom is 0.330 e.